The number of aliphatic hydroxyl groups excluding tert-OH is 1. The minimum Gasteiger partial charge on any atom is -0.396 e. The number of amides is 1. The standard InChI is InChI=1S/C15H28N2O2/c1-14(2)9-12(14)13(19)17-7-5-15(11-18,6-8-17)10-16(3)4/h12,18H,5-11H2,1-4H3. The van der Waals surface area contributed by atoms with Crippen LogP contribution in [0.3, 0.4) is 0 Å². The van der Waals surface area contributed by atoms with E-state index < -0.39 is 0 Å². The number of nitrogens with zero attached hydrogens (tertiary/aromatic N) is 2. The minimum atomic E-state index is -0.0145. The van der Waals surface area contributed by atoms with Crippen molar-refractivity contribution in [1.29, 1.82) is 0 Å². The van der Waals surface area contributed by atoms with Crippen LogP contribution in [-0.2, 0) is 4.79 Å². The predicted octanol–water partition coefficient (Wildman–Crippen LogP) is 1.20. The Bertz CT molecular complexity index is 344. The lowest BCUT2D eigenvalue weighted by Gasteiger charge is -2.42. The van der Waals surface area contributed by atoms with Gasteiger partial charge in [0, 0.05) is 31.0 Å². The number of rotatable bonds is 4. The molecule has 0 aromatic rings. The van der Waals surface area contributed by atoms with E-state index >= 15 is 0 Å². The van der Waals surface area contributed by atoms with Gasteiger partial charge in [0.25, 0.3) is 0 Å². The van der Waals surface area contributed by atoms with Gasteiger partial charge >= 0.3 is 0 Å². The molecule has 0 radical (unpaired) electrons. The highest BCUT2D eigenvalue weighted by Crippen LogP contribution is 2.52. The Labute approximate surface area is 116 Å². The summed E-state index contributed by atoms with van der Waals surface area (Å²) in [6.45, 7) is 7.08. The largest absolute Gasteiger partial charge is 0.396 e. The summed E-state index contributed by atoms with van der Waals surface area (Å²) in [5.41, 5.74) is 0.200. The van der Waals surface area contributed by atoms with Crippen LogP contribution in [0.5, 0.6) is 0 Å². The summed E-state index contributed by atoms with van der Waals surface area (Å²) in [5.74, 6) is 0.573. The molecule has 2 aliphatic rings. The molecule has 1 aliphatic carbocycles. The number of likely N-dealkylation sites (tertiary alicyclic amines) is 1. The molecule has 4 heteroatoms. The van der Waals surface area contributed by atoms with E-state index in [-0.39, 0.29) is 23.4 Å². The second kappa shape index (κ2) is 5.06. The molecule has 0 aromatic heterocycles. The zero-order valence-corrected chi connectivity index (χ0v) is 12.8. The van der Waals surface area contributed by atoms with Gasteiger partial charge in [0.2, 0.25) is 5.91 Å². The fourth-order valence-corrected chi connectivity index (χ4v) is 3.35. The fourth-order valence-electron chi connectivity index (χ4n) is 3.35. The Morgan fingerprint density at radius 3 is 2.21 bits per heavy atom. The lowest BCUT2D eigenvalue weighted by atomic mass is 9.78. The highest BCUT2D eigenvalue weighted by Gasteiger charge is 2.52. The molecule has 2 rings (SSSR count). The lowest BCUT2D eigenvalue weighted by Crippen LogP contribution is -2.49. The molecule has 1 saturated carbocycles. The van der Waals surface area contributed by atoms with Crippen LogP contribution in [0.15, 0.2) is 0 Å². The number of piperidine rings is 1. The zero-order valence-electron chi connectivity index (χ0n) is 12.8. The van der Waals surface area contributed by atoms with Crippen LogP contribution in [-0.4, -0.2) is 61.2 Å². The van der Waals surface area contributed by atoms with E-state index in [1.807, 2.05) is 19.0 Å². The van der Waals surface area contributed by atoms with Crippen LogP contribution in [0.25, 0.3) is 0 Å². The summed E-state index contributed by atoms with van der Waals surface area (Å²) in [6, 6.07) is 0. The smallest absolute Gasteiger partial charge is 0.226 e. The van der Waals surface area contributed by atoms with E-state index in [2.05, 4.69) is 18.7 Å². The quantitative estimate of drug-likeness (QED) is 0.833. The maximum atomic E-state index is 12.4. The second-order valence-corrected chi connectivity index (χ2v) is 7.47. The second-order valence-electron chi connectivity index (χ2n) is 7.47. The molecule has 19 heavy (non-hydrogen) atoms. The van der Waals surface area contributed by atoms with Gasteiger partial charge < -0.3 is 14.9 Å². The van der Waals surface area contributed by atoms with E-state index in [0.717, 1.165) is 38.9 Å². The van der Waals surface area contributed by atoms with Gasteiger partial charge in [-0.15, -0.1) is 0 Å². The van der Waals surface area contributed by atoms with Gasteiger partial charge in [0.15, 0.2) is 0 Å². The van der Waals surface area contributed by atoms with Gasteiger partial charge in [-0.2, -0.15) is 0 Å². The maximum Gasteiger partial charge on any atom is 0.226 e. The Hall–Kier alpha value is -0.610. The Morgan fingerprint density at radius 1 is 1.32 bits per heavy atom. The maximum absolute atomic E-state index is 12.4. The fraction of sp³-hybridized carbons (Fsp3) is 0.933. The third kappa shape index (κ3) is 3.11. The van der Waals surface area contributed by atoms with Gasteiger partial charge in [0.05, 0.1) is 6.61 Å². The van der Waals surface area contributed by atoms with Crippen molar-refractivity contribution in [3.05, 3.63) is 0 Å². The SMILES string of the molecule is CN(C)CC1(CO)CCN(C(=O)C2CC2(C)C)CC1. The first-order valence-electron chi connectivity index (χ1n) is 7.34. The first-order chi connectivity index (χ1) is 8.80. The Balaban J connectivity index is 1.89. The molecule has 1 unspecified atom stereocenters. The van der Waals surface area contributed by atoms with Crippen LogP contribution in [0.4, 0.5) is 0 Å². The Kier molecular flexibility index (Phi) is 3.94. The summed E-state index contributed by atoms with van der Waals surface area (Å²) in [4.78, 5) is 16.5. The summed E-state index contributed by atoms with van der Waals surface area (Å²) in [7, 11) is 4.09. The van der Waals surface area contributed by atoms with Gasteiger partial charge in [-0.25, -0.2) is 0 Å². The molecule has 1 amide bonds. The van der Waals surface area contributed by atoms with Crippen LogP contribution >= 0.6 is 0 Å². The van der Waals surface area contributed by atoms with E-state index in [1.165, 1.54) is 0 Å². The monoisotopic (exact) mass is 268 g/mol. The number of hydrogen-bond acceptors (Lipinski definition) is 3. The normalized spacial score (nSPS) is 28.5. The van der Waals surface area contributed by atoms with E-state index in [1.54, 1.807) is 0 Å². The highest BCUT2D eigenvalue weighted by atomic mass is 16.3. The molecule has 4 nitrogen and oxygen atoms in total. The zero-order chi connectivity index (χ0) is 14.3. The van der Waals surface area contributed by atoms with E-state index in [9.17, 15) is 9.90 Å². The molecular formula is C15H28N2O2. The van der Waals surface area contributed by atoms with E-state index in [4.69, 9.17) is 0 Å². The molecule has 110 valence electrons. The van der Waals surface area contributed by atoms with Crippen LogP contribution < -0.4 is 0 Å². The van der Waals surface area contributed by atoms with Crippen molar-refractivity contribution in [2.24, 2.45) is 16.7 Å². The number of hydrogen-bond donors (Lipinski definition) is 1. The van der Waals surface area contributed by atoms with Crippen LogP contribution in [0, 0.1) is 16.7 Å². The van der Waals surface area contributed by atoms with Crippen molar-refractivity contribution in [3.8, 4) is 0 Å². The lowest BCUT2D eigenvalue weighted by molar-refractivity contribution is -0.136. The molecule has 1 N–H and O–H groups in total. The molecular weight excluding hydrogens is 240 g/mol. The van der Waals surface area contributed by atoms with Gasteiger partial charge in [0.1, 0.15) is 0 Å². The van der Waals surface area contributed by atoms with Crippen molar-refractivity contribution in [3.63, 3.8) is 0 Å². The minimum absolute atomic E-state index is 0.0145. The van der Waals surface area contributed by atoms with Gasteiger partial charge in [-0.05, 0) is 38.8 Å². The third-order valence-corrected chi connectivity index (χ3v) is 4.93. The van der Waals surface area contributed by atoms with Crippen molar-refractivity contribution >= 4 is 5.91 Å². The van der Waals surface area contributed by atoms with Crippen LogP contribution in [0.1, 0.15) is 33.1 Å². The molecule has 1 saturated heterocycles. The topological polar surface area (TPSA) is 43.8 Å². The molecule has 1 atom stereocenters. The molecule has 1 aliphatic heterocycles. The van der Waals surface area contributed by atoms with Gasteiger partial charge in [-0.3, -0.25) is 4.79 Å². The predicted molar refractivity (Wildman–Crippen MR) is 75.8 cm³/mol. The molecule has 0 aromatic carbocycles. The number of aliphatic hydroxyl groups is 1. The highest BCUT2D eigenvalue weighted by molar-refractivity contribution is 5.82. The number of carbonyl (C=O) groups is 1. The van der Waals surface area contributed by atoms with E-state index in [0.29, 0.717) is 5.91 Å². The van der Waals surface area contributed by atoms with Crippen molar-refractivity contribution in [1.82, 2.24) is 9.80 Å². The van der Waals surface area contributed by atoms with Crippen molar-refractivity contribution < 1.29 is 9.90 Å². The Morgan fingerprint density at radius 2 is 1.84 bits per heavy atom. The summed E-state index contributed by atoms with van der Waals surface area (Å²) < 4.78 is 0. The molecule has 0 spiro atoms. The average molecular weight is 268 g/mol. The van der Waals surface area contributed by atoms with Crippen molar-refractivity contribution in [2.45, 2.75) is 33.1 Å². The molecule has 1 heterocycles. The first-order valence-corrected chi connectivity index (χ1v) is 7.34. The third-order valence-electron chi connectivity index (χ3n) is 4.93. The summed E-state index contributed by atoms with van der Waals surface area (Å²) in [5, 5.41) is 9.69. The summed E-state index contributed by atoms with van der Waals surface area (Å²) >= 11 is 0. The first kappa shape index (κ1) is 14.8. The average Bonchev–Trinajstić information content (AvgIpc) is 2.98. The van der Waals surface area contributed by atoms with Crippen molar-refractivity contribution in [2.75, 3.05) is 40.3 Å². The summed E-state index contributed by atoms with van der Waals surface area (Å²) in [6.07, 6.45) is 2.87. The number of carbonyl (C=O) groups excluding carboxylic acids is 1. The van der Waals surface area contributed by atoms with Crippen LogP contribution in [0.2, 0.25) is 0 Å². The molecule has 2 fully saturated rings. The van der Waals surface area contributed by atoms with Gasteiger partial charge in [-0.1, -0.05) is 13.8 Å². The molecule has 0 bridgehead atoms.